The van der Waals surface area contributed by atoms with Crippen molar-refractivity contribution >= 4 is 17.7 Å². The number of fused-ring (bicyclic) bond motifs is 1. The predicted molar refractivity (Wildman–Crippen MR) is 166 cm³/mol. The summed E-state index contributed by atoms with van der Waals surface area (Å²) in [5, 5.41) is 6.97. The van der Waals surface area contributed by atoms with Crippen molar-refractivity contribution in [2.75, 3.05) is 24.3 Å². The van der Waals surface area contributed by atoms with Crippen LogP contribution in [-0.4, -0.2) is 46.6 Å². The first-order valence-corrected chi connectivity index (χ1v) is 15.0. The Morgan fingerprint density at radius 2 is 1.54 bits per heavy atom. The molecule has 0 unspecified atom stereocenters. The average Bonchev–Trinajstić information content (AvgIpc) is 3.35. The Bertz CT molecular complexity index is 1500. The van der Waals surface area contributed by atoms with Crippen molar-refractivity contribution < 1.29 is 4.79 Å². The lowest BCUT2D eigenvalue weighted by Gasteiger charge is -2.30. The van der Waals surface area contributed by atoms with Gasteiger partial charge in [-0.25, -0.2) is 4.98 Å². The number of carbonyl (C=O) groups excluding carboxylic acids is 1. The molecule has 2 N–H and O–H groups in total. The average molecular weight is 549 g/mol. The van der Waals surface area contributed by atoms with Crippen LogP contribution in [0.1, 0.15) is 65.8 Å². The summed E-state index contributed by atoms with van der Waals surface area (Å²) in [5.41, 5.74) is 7.35. The molecule has 1 saturated carbocycles. The van der Waals surface area contributed by atoms with Crippen molar-refractivity contribution in [3.05, 3.63) is 89.2 Å². The van der Waals surface area contributed by atoms with Gasteiger partial charge >= 0.3 is 0 Å². The fourth-order valence-corrected chi connectivity index (χ4v) is 6.40. The Morgan fingerprint density at radius 3 is 2.24 bits per heavy atom. The van der Waals surface area contributed by atoms with Gasteiger partial charge in [-0.2, -0.15) is 4.98 Å². The molecule has 4 aromatic rings. The number of carbonyl (C=O) groups is 1. The minimum Gasteiger partial charge on any atom is -0.362 e. The Balaban J connectivity index is 1.14. The van der Waals surface area contributed by atoms with Crippen LogP contribution in [-0.2, 0) is 12.8 Å². The first-order chi connectivity index (χ1) is 20.0. The maximum absolute atomic E-state index is 13.6. The van der Waals surface area contributed by atoms with E-state index in [-0.39, 0.29) is 11.9 Å². The van der Waals surface area contributed by atoms with E-state index >= 15 is 0 Å². The van der Waals surface area contributed by atoms with Crippen LogP contribution in [0.5, 0.6) is 0 Å². The summed E-state index contributed by atoms with van der Waals surface area (Å²) in [7, 11) is 4.13. The maximum atomic E-state index is 13.6. The van der Waals surface area contributed by atoms with Crippen molar-refractivity contribution in [1.29, 1.82) is 0 Å². The second-order valence-electron chi connectivity index (χ2n) is 11.6. The van der Waals surface area contributed by atoms with Crippen molar-refractivity contribution in [3.8, 4) is 16.9 Å². The van der Waals surface area contributed by atoms with E-state index in [0.29, 0.717) is 6.04 Å². The molecule has 2 aromatic carbocycles. The molecule has 41 heavy (non-hydrogen) atoms. The van der Waals surface area contributed by atoms with Crippen LogP contribution in [0, 0.1) is 6.92 Å². The van der Waals surface area contributed by atoms with Crippen LogP contribution >= 0.6 is 0 Å². The molecule has 0 spiro atoms. The Morgan fingerprint density at radius 1 is 0.878 bits per heavy atom. The van der Waals surface area contributed by atoms with Crippen LogP contribution in [0.4, 0.5) is 11.8 Å². The highest BCUT2D eigenvalue weighted by Gasteiger charge is 2.27. The fraction of sp³-hybridized carbons (Fsp3) is 0.382. The molecule has 2 heterocycles. The second kappa shape index (κ2) is 11.8. The molecule has 0 bridgehead atoms. The lowest BCUT2D eigenvalue weighted by atomic mass is 9.91. The summed E-state index contributed by atoms with van der Waals surface area (Å²) < 4.78 is 2.19. The third-order valence-corrected chi connectivity index (χ3v) is 8.56. The third kappa shape index (κ3) is 5.71. The first kappa shape index (κ1) is 27.1. The number of nitrogens with zero attached hydrogens (tertiary/aromatic N) is 4. The topological polar surface area (TPSA) is 75.1 Å². The normalized spacial score (nSPS) is 18.4. The van der Waals surface area contributed by atoms with Crippen molar-refractivity contribution in [2.24, 2.45) is 0 Å². The van der Waals surface area contributed by atoms with Crippen LogP contribution in [0.3, 0.4) is 0 Å². The van der Waals surface area contributed by atoms with Crippen LogP contribution in [0.2, 0.25) is 0 Å². The van der Waals surface area contributed by atoms with Gasteiger partial charge in [0.1, 0.15) is 5.82 Å². The number of para-hydroxylation sites is 1. The maximum Gasteiger partial charge on any atom is 0.253 e. The molecule has 0 radical (unpaired) electrons. The van der Waals surface area contributed by atoms with E-state index in [2.05, 4.69) is 58.5 Å². The van der Waals surface area contributed by atoms with Crippen molar-refractivity contribution in [3.63, 3.8) is 0 Å². The largest absolute Gasteiger partial charge is 0.362 e. The number of hydrogen-bond acceptors (Lipinski definition) is 5. The standard InChI is InChI=1S/C34H40N6O/c1-23-29(22-31(24-12-6-4-7-13-24)40(23)27-14-8-5-9-15-27)33(41)35-25-18-20-26(21-19-25)36-34-37-30-17-11-10-16-28(30)32(38-34)39(2)3/h4-9,12-15,22,25-26H,10-11,16-21H2,1-3H3,(H,35,41)(H,36,37,38)/t25-,26+. The van der Waals surface area contributed by atoms with Gasteiger partial charge in [-0.1, -0.05) is 48.5 Å². The Hall–Kier alpha value is -4.13. The lowest BCUT2D eigenvalue weighted by Crippen LogP contribution is -2.40. The minimum absolute atomic E-state index is 0.000540. The zero-order valence-corrected chi connectivity index (χ0v) is 24.4. The van der Waals surface area contributed by atoms with Gasteiger partial charge in [0, 0.05) is 43.1 Å². The highest BCUT2D eigenvalue weighted by Crippen LogP contribution is 2.31. The molecule has 7 heteroatoms. The van der Waals surface area contributed by atoms with Gasteiger partial charge in [0.05, 0.1) is 17.0 Å². The molecule has 0 saturated heterocycles. The third-order valence-electron chi connectivity index (χ3n) is 8.56. The SMILES string of the molecule is Cc1c(C(=O)N[C@H]2CC[C@@H](Nc3nc4c(c(N(C)C)n3)CCCC4)CC2)cc(-c2ccccc2)n1-c1ccccc1. The minimum atomic E-state index is -0.000540. The molecule has 0 aliphatic heterocycles. The summed E-state index contributed by atoms with van der Waals surface area (Å²) >= 11 is 0. The van der Waals surface area contributed by atoms with Gasteiger partial charge in [-0.05, 0) is 82.1 Å². The van der Waals surface area contributed by atoms with Gasteiger partial charge in [0.25, 0.3) is 5.91 Å². The second-order valence-corrected chi connectivity index (χ2v) is 11.6. The van der Waals surface area contributed by atoms with E-state index in [1.54, 1.807) is 0 Å². The quantitative estimate of drug-likeness (QED) is 0.282. The molecular weight excluding hydrogens is 508 g/mol. The highest BCUT2D eigenvalue weighted by atomic mass is 16.1. The smallest absolute Gasteiger partial charge is 0.253 e. The summed E-state index contributed by atoms with van der Waals surface area (Å²) in [4.78, 5) is 25.5. The van der Waals surface area contributed by atoms with E-state index in [1.807, 2.05) is 49.4 Å². The fourth-order valence-electron chi connectivity index (χ4n) is 6.40. The first-order valence-electron chi connectivity index (χ1n) is 15.0. The monoisotopic (exact) mass is 548 g/mol. The van der Waals surface area contributed by atoms with Gasteiger partial charge in [0.2, 0.25) is 5.95 Å². The summed E-state index contributed by atoms with van der Waals surface area (Å²) in [6.07, 6.45) is 8.31. The van der Waals surface area contributed by atoms with Crippen molar-refractivity contribution in [1.82, 2.24) is 19.9 Å². The van der Waals surface area contributed by atoms with Crippen molar-refractivity contribution in [2.45, 2.75) is 70.4 Å². The van der Waals surface area contributed by atoms with Gasteiger partial charge in [0.15, 0.2) is 0 Å². The van der Waals surface area contributed by atoms with E-state index in [1.165, 1.54) is 24.1 Å². The molecule has 0 atom stereocenters. The van der Waals surface area contributed by atoms with E-state index in [0.717, 1.165) is 78.5 Å². The lowest BCUT2D eigenvalue weighted by molar-refractivity contribution is 0.0926. The van der Waals surface area contributed by atoms with E-state index in [4.69, 9.17) is 9.97 Å². The number of rotatable bonds is 7. The molecule has 1 amide bonds. The van der Waals surface area contributed by atoms with Gasteiger partial charge in [-0.15, -0.1) is 0 Å². The van der Waals surface area contributed by atoms with E-state index < -0.39 is 0 Å². The molecule has 6 rings (SSSR count). The Labute approximate surface area is 243 Å². The van der Waals surface area contributed by atoms with Crippen LogP contribution < -0.4 is 15.5 Å². The Kier molecular flexibility index (Phi) is 7.77. The molecule has 7 nitrogen and oxygen atoms in total. The number of aromatic nitrogens is 3. The number of amides is 1. The van der Waals surface area contributed by atoms with Gasteiger partial charge in [-0.3, -0.25) is 4.79 Å². The van der Waals surface area contributed by atoms with Crippen LogP contribution in [0.15, 0.2) is 66.7 Å². The summed E-state index contributed by atoms with van der Waals surface area (Å²) in [6, 6.07) is 23.0. The van der Waals surface area contributed by atoms with E-state index in [9.17, 15) is 4.79 Å². The number of nitrogens with one attached hydrogen (secondary N) is 2. The molecule has 2 aliphatic rings. The predicted octanol–water partition coefficient (Wildman–Crippen LogP) is 6.34. The number of anilines is 2. The molecule has 212 valence electrons. The molecule has 2 aromatic heterocycles. The molecule has 2 aliphatic carbocycles. The van der Waals surface area contributed by atoms with Gasteiger partial charge < -0.3 is 20.1 Å². The number of aryl methyl sites for hydroxylation is 1. The number of benzene rings is 2. The van der Waals surface area contributed by atoms with Crippen LogP contribution in [0.25, 0.3) is 16.9 Å². The highest BCUT2D eigenvalue weighted by molar-refractivity contribution is 5.97. The zero-order chi connectivity index (χ0) is 28.3. The number of hydrogen-bond donors (Lipinski definition) is 2. The summed E-state index contributed by atoms with van der Waals surface area (Å²) in [6.45, 7) is 2.04. The zero-order valence-electron chi connectivity index (χ0n) is 24.4. The molecular formula is C34H40N6O. The summed E-state index contributed by atoms with van der Waals surface area (Å²) in [5.74, 6) is 1.79. The molecule has 1 fully saturated rings.